The minimum absolute atomic E-state index is 0.158. The number of H-pyrrole nitrogens is 1. The number of piperidine rings is 1. The molecule has 1 fully saturated rings. The molecule has 8 nitrogen and oxygen atoms in total. The Morgan fingerprint density at radius 3 is 2.36 bits per heavy atom. The van der Waals surface area contributed by atoms with Gasteiger partial charge in [0.2, 0.25) is 20.0 Å². The van der Waals surface area contributed by atoms with Crippen molar-refractivity contribution in [2.75, 3.05) is 37.0 Å². The highest BCUT2D eigenvalue weighted by atomic mass is 32.2. The standard InChI is InChI=1S/C15H22N4O4S2/c1-18(24(2,20)21)12-8-13(14-10-16-17-15(14)9-12)11-4-6-19(7-5-11)25(3,22)23/h8-11H,4-7H2,1-3H3,(H,16,17). The van der Waals surface area contributed by atoms with Crippen LogP contribution in [-0.4, -0.2) is 64.0 Å². The maximum absolute atomic E-state index is 11.9. The second-order valence-corrected chi connectivity index (χ2v) is 10.5. The molecular formula is C15H22N4O4S2. The lowest BCUT2D eigenvalue weighted by Gasteiger charge is -2.31. The lowest BCUT2D eigenvalue weighted by Crippen LogP contribution is -2.37. The van der Waals surface area contributed by atoms with Crippen molar-refractivity contribution in [3.8, 4) is 0 Å². The molecule has 0 atom stereocenters. The number of aromatic nitrogens is 2. The molecule has 0 bridgehead atoms. The van der Waals surface area contributed by atoms with Crippen LogP contribution in [-0.2, 0) is 20.0 Å². The van der Waals surface area contributed by atoms with Crippen molar-refractivity contribution in [2.24, 2.45) is 0 Å². The minimum atomic E-state index is -3.37. The molecule has 0 unspecified atom stereocenters. The van der Waals surface area contributed by atoms with Gasteiger partial charge in [0.25, 0.3) is 0 Å². The van der Waals surface area contributed by atoms with Crippen LogP contribution in [0.2, 0.25) is 0 Å². The maximum Gasteiger partial charge on any atom is 0.231 e. The van der Waals surface area contributed by atoms with Crippen molar-refractivity contribution >= 4 is 36.6 Å². The highest BCUT2D eigenvalue weighted by Crippen LogP contribution is 2.36. The average Bonchev–Trinajstić information content (AvgIpc) is 3.00. The van der Waals surface area contributed by atoms with Gasteiger partial charge in [-0.3, -0.25) is 9.40 Å². The van der Waals surface area contributed by atoms with Crippen molar-refractivity contribution in [1.82, 2.24) is 14.5 Å². The number of nitrogens with zero attached hydrogens (tertiary/aromatic N) is 3. The molecule has 0 spiro atoms. The molecule has 2 heterocycles. The molecule has 0 amide bonds. The summed E-state index contributed by atoms with van der Waals surface area (Å²) in [7, 11) is -5.03. The molecule has 1 aromatic heterocycles. The Kier molecular flexibility index (Phi) is 4.54. The molecule has 138 valence electrons. The predicted molar refractivity (Wildman–Crippen MR) is 97.7 cm³/mol. The van der Waals surface area contributed by atoms with Gasteiger partial charge in [-0.1, -0.05) is 0 Å². The number of aromatic amines is 1. The van der Waals surface area contributed by atoms with E-state index in [2.05, 4.69) is 10.2 Å². The van der Waals surface area contributed by atoms with E-state index in [1.165, 1.54) is 21.9 Å². The summed E-state index contributed by atoms with van der Waals surface area (Å²) in [6.45, 7) is 0.935. The third-order valence-corrected chi connectivity index (χ3v) is 7.31. The van der Waals surface area contributed by atoms with Crippen LogP contribution >= 0.6 is 0 Å². The first kappa shape index (κ1) is 18.2. The maximum atomic E-state index is 11.9. The van der Waals surface area contributed by atoms with Gasteiger partial charge >= 0.3 is 0 Å². The fraction of sp³-hybridized carbons (Fsp3) is 0.533. The fourth-order valence-corrected chi connectivity index (χ4v) is 4.63. The van der Waals surface area contributed by atoms with Gasteiger partial charge in [-0.25, -0.2) is 21.1 Å². The van der Waals surface area contributed by atoms with Gasteiger partial charge in [-0.05, 0) is 36.5 Å². The SMILES string of the molecule is CN(c1cc(C2CCN(S(C)(=O)=O)CC2)c2cn[nH]c2c1)S(C)(=O)=O. The van der Waals surface area contributed by atoms with Crippen LogP contribution in [0, 0.1) is 0 Å². The van der Waals surface area contributed by atoms with E-state index in [4.69, 9.17) is 0 Å². The molecule has 1 saturated heterocycles. The molecule has 10 heteroatoms. The zero-order valence-corrected chi connectivity index (χ0v) is 16.1. The Bertz CT molecular complexity index is 990. The van der Waals surface area contributed by atoms with Crippen LogP contribution in [0.4, 0.5) is 5.69 Å². The number of fused-ring (bicyclic) bond motifs is 1. The Hall–Kier alpha value is -1.65. The van der Waals surface area contributed by atoms with Crippen molar-refractivity contribution in [1.29, 1.82) is 0 Å². The molecule has 1 aromatic carbocycles. The molecule has 0 aliphatic carbocycles. The van der Waals surface area contributed by atoms with Gasteiger partial charge in [-0.15, -0.1) is 0 Å². The first-order valence-electron chi connectivity index (χ1n) is 7.93. The lowest BCUT2D eigenvalue weighted by atomic mass is 9.88. The van der Waals surface area contributed by atoms with Gasteiger partial charge in [0, 0.05) is 25.5 Å². The number of hydrogen-bond donors (Lipinski definition) is 1. The summed E-state index contributed by atoms with van der Waals surface area (Å²) in [5, 5.41) is 7.92. The van der Waals surface area contributed by atoms with E-state index in [9.17, 15) is 16.8 Å². The van der Waals surface area contributed by atoms with Gasteiger partial charge in [0.15, 0.2) is 0 Å². The lowest BCUT2D eigenvalue weighted by molar-refractivity contribution is 0.322. The van der Waals surface area contributed by atoms with Crippen LogP contribution in [0.25, 0.3) is 10.9 Å². The van der Waals surface area contributed by atoms with E-state index in [-0.39, 0.29) is 5.92 Å². The average molecular weight is 386 g/mol. The van der Waals surface area contributed by atoms with Gasteiger partial charge in [-0.2, -0.15) is 5.10 Å². The topological polar surface area (TPSA) is 103 Å². The Labute approximate surface area is 147 Å². The fourth-order valence-electron chi connectivity index (χ4n) is 3.27. The minimum Gasteiger partial charge on any atom is -0.278 e. The Balaban J connectivity index is 1.98. The molecule has 1 aliphatic rings. The number of rotatable bonds is 4. The van der Waals surface area contributed by atoms with Gasteiger partial charge in [0.1, 0.15) is 0 Å². The summed E-state index contributed by atoms with van der Waals surface area (Å²) in [6, 6.07) is 3.64. The number of sulfonamides is 2. The molecule has 0 saturated carbocycles. The highest BCUT2D eigenvalue weighted by molar-refractivity contribution is 7.92. The van der Waals surface area contributed by atoms with Crippen molar-refractivity contribution in [2.45, 2.75) is 18.8 Å². The van der Waals surface area contributed by atoms with Crippen molar-refractivity contribution in [3.63, 3.8) is 0 Å². The normalized spacial score (nSPS) is 17.9. The van der Waals surface area contributed by atoms with Crippen molar-refractivity contribution in [3.05, 3.63) is 23.9 Å². The van der Waals surface area contributed by atoms with Gasteiger partial charge < -0.3 is 0 Å². The van der Waals surface area contributed by atoms with E-state index in [1.807, 2.05) is 6.07 Å². The molecule has 2 aromatic rings. The molecule has 25 heavy (non-hydrogen) atoms. The first-order chi connectivity index (χ1) is 11.6. The van der Waals surface area contributed by atoms with Crippen LogP contribution in [0.1, 0.15) is 24.3 Å². The summed E-state index contributed by atoms with van der Waals surface area (Å²) < 4.78 is 49.9. The zero-order valence-electron chi connectivity index (χ0n) is 14.4. The monoisotopic (exact) mass is 386 g/mol. The number of nitrogens with one attached hydrogen (secondary N) is 1. The van der Waals surface area contributed by atoms with E-state index < -0.39 is 20.0 Å². The van der Waals surface area contributed by atoms with E-state index in [0.717, 1.165) is 22.7 Å². The third kappa shape index (κ3) is 3.65. The number of hydrogen-bond acceptors (Lipinski definition) is 5. The highest BCUT2D eigenvalue weighted by Gasteiger charge is 2.28. The Morgan fingerprint density at radius 2 is 1.80 bits per heavy atom. The zero-order chi connectivity index (χ0) is 18.4. The second kappa shape index (κ2) is 6.26. The van der Waals surface area contributed by atoms with Crippen LogP contribution in [0.3, 0.4) is 0 Å². The first-order valence-corrected chi connectivity index (χ1v) is 11.6. The molecule has 0 radical (unpaired) electrons. The van der Waals surface area contributed by atoms with E-state index in [0.29, 0.717) is 31.6 Å². The summed E-state index contributed by atoms with van der Waals surface area (Å²) in [5.74, 6) is 0.158. The van der Waals surface area contributed by atoms with Crippen LogP contribution in [0.15, 0.2) is 18.3 Å². The summed E-state index contributed by atoms with van der Waals surface area (Å²) in [6.07, 6.45) is 5.51. The van der Waals surface area contributed by atoms with E-state index in [1.54, 1.807) is 12.3 Å². The molecule has 1 N–H and O–H groups in total. The number of anilines is 1. The Morgan fingerprint density at radius 1 is 1.16 bits per heavy atom. The summed E-state index contributed by atoms with van der Waals surface area (Å²) in [5.41, 5.74) is 2.35. The second-order valence-electron chi connectivity index (χ2n) is 6.53. The summed E-state index contributed by atoms with van der Waals surface area (Å²) >= 11 is 0. The molecule has 1 aliphatic heterocycles. The quantitative estimate of drug-likeness (QED) is 0.847. The molecular weight excluding hydrogens is 364 g/mol. The molecule has 3 rings (SSSR count). The third-order valence-electron chi connectivity index (χ3n) is 4.80. The smallest absolute Gasteiger partial charge is 0.231 e. The van der Waals surface area contributed by atoms with Crippen molar-refractivity contribution < 1.29 is 16.8 Å². The number of benzene rings is 1. The van der Waals surface area contributed by atoms with E-state index >= 15 is 0 Å². The summed E-state index contributed by atoms with van der Waals surface area (Å²) in [4.78, 5) is 0. The predicted octanol–water partition coefficient (Wildman–Crippen LogP) is 1.10. The van der Waals surface area contributed by atoms with Crippen LogP contribution < -0.4 is 4.31 Å². The van der Waals surface area contributed by atoms with Gasteiger partial charge in [0.05, 0.1) is 29.9 Å². The van der Waals surface area contributed by atoms with Crippen LogP contribution in [0.5, 0.6) is 0 Å². The largest absolute Gasteiger partial charge is 0.278 e.